The van der Waals surface area contributed by atoms with Crippen LogP contribution in [0, 0.1) is 34.9 Å². The summed E-state index contributed by atoms with van der Waals surface area (Å²) < 4.78 is 91.1. The van der Waals surface area contributed by atoms with Crippen LogP contribution in [0.4, 0.5) is 31.1 Å². The average Bonchev–Trinajstić information content (AvgIpc) is 4.30. The average molecular weight is 1030 g/mol. The van der Waals surface area contributed by atoms with Crippen LogP contribution >= 0.6 is 0 Å². The first-order valence-electron chi connectivity index (χ1n) is 24.7. The number of nitrogens with zero attached hydrogens (tertiary/aromatic N) is 5. The molecule has 10 rings (SSSR count). The molecule has 2 aliphatic heterocycles. The standard InChI is InChI=1S/C25H25F3N4O.C16H22F2N2O2.C14H13FN2O2/c1-32-24(19(12-30-32)14-2-3-14)16-4-6-18(21(27)11-16)25(33)31-23-13-29-9-8-17(23)15-5-7-20(26)22(28)10-15;1-16(2,3)22-15(21)20-7-6-11(14(19)9-20)10-4-5-12(17)13(18)8-10;1-17-13(11(7-16-17)8-2-3-8)9-4-5-10(14(18)19)12(15)6-9/h4-7,10-12,14,17,23,29H,2-3,8-9,13H2,1H3,(H,31,33);4-5,8,11,14H,6-7,9,19H2,1-3H3;4-8H,2-3H2,1H3,(H,18,19)/t17-,23+;11-,14+;/m00./s1. The molecule has 0 unspecified atom stereocenters. The van der Waals surface area contributed by atoms with E-state index in [1.165, 1.54) is 42.5 Å². The number of carboxylic acids is 1. The van der Waals surface area contributed by atoms with Crippen LogP contribution in [-0.4, -0.2) is 91.4 Å². The third-order valence-electron chi connectivity index (χ3n) is 13.8. The third-order valence-corrected chi connectivity index (χ3v) is 13.8. The number of carbonyl (C=O) groups excluding carboxylic acids is 2. The van der Waals surface area contributed by atoms with Gasteiger partial charge in [0.1, 0.15) is 17.2 Å². The fourth-order valence-electron chi connectivity index (χ4n) is 9.71. The van der Waals surface area contributed by atoms with Crippen molar-refractivity contribution in [1.82, 2.24) is 35.1 Å². The number of aromatic carboxylic acids is 1. The van der Waals surface area contributed by atoms with E-state index in [2.05, 4.69) is 20.8 Å². The lowest BCUT2D eigenvalue weighted by molar-refractivity contribution is 0.0186. The highest BCUT2D eigenvalue weighted by Crippen LogP contribution is 2.45. The molecule has 13 nitrogen and oxygen atoms in total. The predicted octanol–water partition coefficient (Wildman–Crippen LogP) is 10.1. The van der Waals surface area contributed by atoms with Gasteiger partial charge >= 0.3 is 12.1 Å². The summed E-state index contributed by atoms with van der Waals surface area (Å²) in [4.78, 5) is 37.4. The fourth-order valence-corrected chi connectivity index (χ4v) is 9.71. The Hall–Kier alpha value is -6.99. The fraction of sp³-hybridized carbons (Fsp3) is 0.400. The molecule has 4 heterocycles. The monoisotopic (exact) mass is 1030 g/mol. The minimum Gasteiger partial charge on any atom is -0.478 e. The molecule has 2 aliphatic carbocycles. The third kappa shape index (κ3) is 12.5. The number of hydrogen-bond donors (Lipinski definition) is 4. The van der Waals surface area contributed by atoms with Crippen molar-refractivity contribution in [1.29, 1.82) is 0 Å². The second-order valence-corrected chi connectivity index (χ2v) is 20.4. The van der Waals surface area contributed by atoms with Gasteiger partial charge in [0.15, 0.2) is 23.3 Å². The smallest absolute Gasteiger partial charge is 0.410 e. The van der Waals surface area contributed by atoms with E-state index in [4.69, 9.17) is 15.6 Å². The van der Waals surface area contributed by atoms with Crippen molar-refractivity contribution in [2.24, 2.45) is 19.8 Å². The summed E-state index contributed by atoms with van der Waals surface area (Å²) in [6.45, 7) is 7.36. The number of aryl methyl sites for hydroxylation is 2. The number of rotatable bonds is 9. The van der Waals surface area contributed by atoms with Crippen molar-refractivity contribution in [3.8, 4) is 22.5 Å². The van der Waals surface area contributed by atoms with Gasteiger partial charge in [-0.1, -0.05) is 24.3 Å². The highest BCUT2D eigenvalue weighted by Gasteiger charge is 2.34. The minimum atomic E-state index is -1.25. The van der Waals surface area contributed by atoms with Crippen LogP contribution in [0.15, 0.2) is 85.2 Å². The zero-order valence-corrected chi connectivity index (χ0v) is 41.8. The SMILES string of the molecule is CC(C)(C)OC(=O)N1CC[C@@H](c2ccc(F)c(F)c2)[C@H](N)C1.Cn1ncc(C2CC2)c1-c1ccc(C(=O)N[C@@H]2CNCC[C@H]2c2ccc(F)c(F)c2)c(F)c1.Cn1ncc(C2CC2)c1-c1ccc(C(=O)O)c(F)c1. The normalized spacial score (nSPS) is 19.6. The molecular weight excluding hydrogens is 967 g/mol. The molecule has 2 saturated carbocycles. The number of ether oxygens (including phenoxy) is 1. The van der Waals surface area contributed by atoms with Gasteiger partial charge in [-0.25, -0.2) is 35.9 Å². The Kier molecular flexibility index (Phi) is 16.0. The molecule has 2 aromatic heterocycles. The van der Waals surface area contributed by atoms with E-state index in [0.717, 1.165) is 60.3 Å². The van der Waals surface area contributed by atoms with E-state index in [0.29, 0.717) is 73.1 Å². The number of piperidine rings is 2. The highest BCUT2D eigenvalue weighted by molar-refractivity contribution is 5.95. The Bertz CT molecular complexity index is 3040. The number of nitrogens with two attached hydrogens (primary N) is 1. The maximum Gasteiger partial charge on any atom is 0.410 e. The Morgan fingerprint density at radius 1 is 0.676 bits per heavy atom. The van der Waals surface area contributed by atoms with Crippen LogP contribution in [-0.2, 0) is 18.8 Å². The number of benzene rings is 4. The molecule has 6 aromatic rings. The lowest BCUT2D eigenvalue weighted by Gasteiger charge is -2.37. The number of amides is 2. The molecule has 5 N–H and O–H groups in total. The number of likely N-dealkylation sites (tertiary alicyclic amines) is 1. The molecule has 4 aromatic carbocycles. The highest BCUT2D eigenvalue weighted by atomic mass is 19.2. The number of halogens is 6. The first kappa shape index (κ1) is 53.3. The van der Waals surface area contributed by atoms with Crippen LogP contribution < -0.4 is 16.4 Å². The van der Waals surface area contributed by atoms with Crippen LogP contribution in [0.1, 0.15) is 126 Å². The van der Waals surface area contributed by atoms with Crippen molar-refractivity contribution in [2.75, 3.05) is 26.2 Å². The first-order valence-corrected chi connectivity index (χ1v) is 24.7. The molecule has 392 valence electrons. The number of carboxylic acid groups (broad SMARTS) is 1. The zero-order valence-electron chi connectivity index (χ0n) is 41.8. The summed E-state index contributed by atoms with van der Waals surface area (Å²) in [5, 5.41) is 23.5. The van der Waals surface area contributed by atoms with Crippen molar-refractivity contribution in [3.63, 3.8) is 0 Å². The summed E-state index contributed by atoms with van der Waals surface area (Å²) in [5.74, 6) is -6.03. The molecule has 4 fully saturated rings. The molecule has 19 heteroatoms. The molecule has 4 atom stereocenters. The number of aromatic nitrogens is 4. The van der Waals surface area contributed by atoms with E-state index in [-0.39, 0.29) is 35.0 Å². The Balaban J connectivity index is 0.000000155. The second-order valence-electron chi connectivity index (χ2n) is 20.4. The molecule has 74 heavy (non-hydrogen) atoms. The van der Waals surface area contributed by atoms with E-state index in [1.807, 2.05) is 26.5 Å². The van der Waals surface area contributed by atoms with E-state index < -0.39 is 58.5 Å². The van der Waals surface area contributed by atoms with Crippen LogP contribution in [0.3, 0.4) is 0 Å². The van der Waals surface area contributed by atoms with Gasteiger partial charge in [-0.05, 0) is 137 Å². The van der Waals surface area contributed by atoms with Crippen molar-refractivity contribution in [2.45, 2.75) is 101 Å². The Morgan fingerprint density at radius 3 is 1.65 bits per heavy atom. The summed E-state index contributed by atoms with van der Waals surface area (Å²) >= 11 is 0. The van der Waals surface area contributed by atoms with E-state index in [9.17, 15) is 36.3 Å². The van der Waals surface area contributed by atoms with Gasteiger partial charge in [-0.3, -0.25) is 14.2 Å². The van der Waals surface area contributed by atoms with E-state index >= 15 is 4.39 Å². The molecule has 0 radical (unpaired) electrons. The maximum atomic E-state index is 15.0. The van der Waals surface area contributed by atoms with Gasteiger partial charge in [-0.2, -0.15) is 10.2 Å². The Labute approximate surface area is 425 Å². The van der Waals surface area contributed by atoms with Crippen LogP contribution in [0.25, 0.3) is 22.5 Å². The summed E-state index contributed by atoms with van der Waals surface area (Å²) in [7, 11) is 3.64. The van der Waals surface area contributed by atoms with E-state index in [1.54, 1.807) is 53.2 Å². The summed E-state index contributed by atoms with van der Waals surface area (Å²) in [6, 6.07) is 15.7. The first-order chi connectivity index (χ1) is 35.2. The van der Waals surface area contributed by atoms with Gasteiger partial charge in [0.25, 0.3) is 5.91 Å². The van der Waals surface area contributed by atoms with Crippen molar-refractivity contribution in [3.05, 3.63) is 153 Å². The molecule has 2 saturated heterocycles. The van der Waals surface area contributed by atoms with Crippen LogP contribution in [0.2, 0.25) is 0 Å². The number of carbonyl (C=O) groups is 3. The molecule has 2 amide bonds. The number of hydrogen-bond acceptors (Lipinski definition) is 8. The molecule has 4 aliphatic rings. The van der Waals surface area contributed by atoms with Crippen molar-refractivity contribution < 1.29 is 50.6 Å². The lowest BCUT2D eigenvalue weighted by Crippen LogP contribution is -2.50. The van der Waals surface area contributed by atoms with Gasteiger partial charge in [0, 0.05) is 79.9 Å². The van der Waals surface area contributed by atoms with Gasteiger partial charge < -0.3 is 31.1 Å². The van der Waals surface area contributed by atoms with Gasteiger partial charge in [-0.15, -0.1) is 0 Å². The maximum absolute atomic E-state index is 15.0. The predicted molar refractivity (Wildman–Crippen MR) is 265 cm³/mol. The number of nitrogens with one attached hydrogen (secondary N) is 2. The summed E-state index contributed by atoms with van der Waals surface area (Å²) in [6.07, 6.45) is 8.96. The molecule has 0 spiro atoms. The zero-order chi connectivity index (χ0) is 53.2. The summed E-state index contributed by atoms with van der Waals surface area (Å²) in [5.41, 5.74) is 11.8. The van der Waals surface area contributed by atoms with Crippen molar-refractivity contribution >= 4 is 18.0 Å². The topological polar surface area (TPSA) is 170 Å². The molecular formula is C55H60F6N8O5. The van der Waals surface area contributed by atoms with Gasteiger partial charge in [0.05, 0.1) is 34.9 Å². The Morgan fingerprint density at radius 2 is 1.19 bits per heavy atom. The molecule has 0 bridgehead atoms. The lowest BCUT2D eigenvalue weighted by atomic mass is 9.85. The van der Waals surface area contributed by atoms with Crippen LogP contribution in [0.5, 0.6) is 0 Å². The quantitative estimate of drug-likeness (QED) is 0.103. The largest absolute Gasteiger partial charge is 0.478 e. The minimum absolute atomic E-state index is 0.0523. The second kappa shape index (κ2) is 22.2. The van der Waals surface area contributed by atoms with Gasteiger partial charge in [0.2, 0.25) is 0 Å².